The van der Waals surface area contributed by atoms with E-state index < -0.39 is 16.8 Å². The number of hydrogen-bond donors (Lipinski definition) is 3. The van der Waals surface area contributed by atoms with E-state index in [2.05, 4.69) is 25.2 Å². The Bertz CT molecular complexity index is 3150. The molecule has 0 bridgehead atoms. The molecular formula is C56H58F2N6O9S2. The highest BCUT2D eigenvalue weighted by Gasteiger charge is 2.32. The van der Waals surface area contributed by atoms with Crippen LogP contribution in [0.3, 0.4) is 0 Å². The van der Waals surface area contributed by atoms with Gasteiger partial charge in [0.2, 0.25) is 0 Å². The molecule has 3 N–H and O–H groups in total. The minimum absolute atomic E-state index is 0.101. The smallest absolute Gasteiger partial charge is 0.300 e. The molecule has 4 aromatic heterocycles. The maximum atomic E-state index is 13.6. The number of hydrogen-bond acceptors (Lipinski definition) is 13. The van der Waals surface area contributed by atoms with Gasteiger partial charge in [0.15, 0.2) is 0 Å². The highest BCUT2D eigenvalue weighted by Crippen LogP contribution is 2.42. The number of halogens is 2. The number of aromatic nitrogens is 6. The average Bonchev–Trinajstić information content (AvgIpc) is 4.22. The van der Waals surface area contributed by atoms with Crippen molar-refractivity contribution in [2.45, 2.75) is 68.0 Å². The number of benzene rings is 4. The fourth-order valence-corrected chi connectivity index (χ4v) is 9.80. The van der Waals surface area contributed by atoms with Gasteiger partial charge in [0.25, 0.3) is 5.97 Å². The fourth-order valence-electron chi connectivity index (χ4n) is 8.88. The number of ether oxygens (including phenoxy) is 4. The predicted octanol–water partition coefficient (Wildman–Crippen LogP) is 11.5. The molecule has 8 aromatic rings. The number of methoxy groups -OCH3 is 2. The summed E-state index contributed by atoms with van der Waals surface area (Å²) in [6.45, 7) is 3.24. The van der Waals surface area contributed by atoms with E-state index in [1.807, 2.05) is 79.2 Å². The summed E-state index contributed by atoms with van der Waals surface area (Å²) in [4.78, 5) is 27.7. The van der Waals surface area contributed by atoms with Gasteiger partial charge >= 0.3 is 0 Å². The summed E-state index contributed by atoms with van der Waals surface area (Å²) in [7, 11) is 2.10. The number of aliphatic carboxylic acids is 1. The third-order valence-electron chi connectivity index (χ3n) is 12.3. The highest BCUT2D eigenvalue weighted by atomic mass is 32.2. The van der Waals surface area contributed by atoms with E-state index >= 15 is 0 Å². The van der Waals surface area contributed by atoms with Gasteiger partial charge in [0.05, 0.1) is 91.3 Å². The molecule has 0 amide bonds. The van der Waals surface area contributed by atoms with Gasteiger partial charge in [-0.25, -0.2) is 28.7 Å². The van der Waals surface area contributed by atoms with E-state index in [0.717, 1.165) is 117 Å². The van der Waals surface area contributed by atoms with Crippen LogP contribution in [0.1, 0.15) is 54.6 Å². The molecule has 75 heavy (non-hydrogen) atoms. The molecule has 4 aromatic carbocycles. The molecule has 0 saturated carbocycles. The summed E-state index contributed by atoms with van der Waals surface area (Å²) in [6, 6.07) is 36.9. The third kappa shape index (κ3) is 14.2. The number of fused-ring (bicyclic) bond motifs is 2. The number of imidazole rings is 2. The van der Waals surface area contributed by atoms with Crippen LogP contribution in [0.2, 0.25) is 0 Å². The lowest BCUT2D eigenvalue weighted by molar-refractivity contribution is -0.176. The first-order valence-electron chi connectivity index (χ1n) is 23.8. The van der Waals surface area contributed by atoms with Crippen LogP contribution < -0.4 is 9.47 Å². The van der Waals surface area contributed by atoms with E-state index in [-0.39, 0.29) is 23.7 Å². The number of carboxylic acid groups (broad SMARTS) is 1. The van der Waals surface area contributed by atoms with Gasteiger partial charge in [-0.15, -0.1) is 11.8 Å². The third-order valence-corrected chi connectivity index (χ3v) is 13.8. The zero-order valence-electron chi connectivity index (χ0n) is 42.1. The summed E-state index contributed by atoms with van der Waals surface area (Å²) >= 11 is 1.61. The maximum Gasteiger partial charge on any atom is 0.300 e. The van der Waals surface area contributed by atoms with Crippen molar-refractivity contribution in [2.75, 3.05) is 39.9 Å². The largest absolute Gasteiger partial charge is 0.497 e. The fraction of sp³-hybridized carbons (Fsp3) is 0.268. The van der Waals surface area contributed by atoms with Gasteiger partial charge in [-0.2, -0.15) is 0 Å². The van der Waals surface area contributed by atoms with Crippen molar-refractivity contribution in [3.8, 4) is 56.5 Å². The van der Waals surface area contributed by atoms with Gasteiger partial charge in [-0.3, -0.25) is 19.5 Å². The second-order valence-corrected chi connectivity index (χ2v) is 19.4. The number of thioether (sulfide) groups is 1. The van der Waals surface area contributed by atoms with E-state index in [9.17, 15) is 13.0 Å². The number of carboxylic acids is 1. The maximum absolute atomic E-state index is 13.6. The predicted molar refractivity (Wildman–Crippen MR) is 284 cm³/mol. The molecule has 0 aliphatic carbocycles. The number of carbonyl (C=O) groups is 1. The molecule has 1 unspecified atom stereocenters. The lowest BCUT2D eigenvalue weighted by Gasteiger charge is -2.18. The molecule has 0 fully saturated rings. The second kappa shape index (κ2) is 26.9. The van der Waals surface area contributed by atoms with Crippen molar-refractivity contribution in [3.05, 3.63) is 168 Å². The Morgan fingerprint density at radius 3 is 1.47 bits per heavy atom. The summed E-state index contributed by atoms with van der Waals surface area (Å²) in [5.74, 6) is 2.27. The number of nitrogens with zero attached hydrogens (tertiary/aromatic N) is 6. The van der Waals surface area contributed by atoms with Gasteiger partial charge in [0.1, 0.15) is 39.8 Å². The molecule has 0 spiro atoms. The average molecular weight is 1060 g/mol. The first-order valence-corrected chi connectivity index (χ1v) is 26.6. The molecule has 0 saturated heterocycles. The molecular weight excluding hydrogens is 1000 g/mol. The van der Waals surface area contributed by atoms with Crippen molar-refractivity contribution in [3.63, 3.8) is 0 Å². The summed E-state index contributed by atoms with van der Waals surface area (Å²) in [5, 5.41) is 20.9. The van der Waals surface area contributed by atoms with Crippen LogP contribution in [0, 0.1) is 11.6 Å². The molecule has 2 aliphatic heterocycles. The number of aryl methyl sites for hydroxylation is 2. The lowest BCUT2D eigenvalue weighted by atomic mass is 10.0. The lowest BCUT2D eigenvalue weighted by Crippen LogP contribution is -2.13. The van der Waals surface area contributed by atoms with Crippen molar-refractivity contribution in [2.24, 2.45) is 0 Å². The first-order chi connectivity index (χ1) is 36.4. The van der Waals surface area contributed by atoms with Gasteiger partial charge in [0, 0.05) is 60.7 Å². The van der Waals surface area contributed by atoms with Crippen LogP contribution in [0.5, 0.6) is 11.5 Å². The topological polar surface area (TPSA) is 193 Å². The SMILES string of the molecule is CC(=O)O.COc1ccc(COC[C@H]2CCc3nc(-c4ccc(F)cc4)c(-c4ccnc(S(C)=O)c4)n32)cc1.COc1ccc(COC[C@H]2CCc3nc(-c4ccc(F)cc4)c(-c4ccnc(SC)c4)n32)cc1.OO. The summed E-state index contributed by atoms with van der Waals surface area (Å²) in [6.07, 6.45) is 10.7. The number of pyridine rings is 2. The van der Waals surface area contributed by atoms with Crippen molar-refractivity contribution < 1.29 is 52.4 Å². The number of rotatable bonds is 16. The summed E-state index contributed by atoms with van der Waals surface area (Å²) < 4.78 is 66.6. The Kier molecular flexibility index (Phi) is 19.9. The van der Waals surface area contributed by atoms with Crippen LogP contribution in [0.25, 0.3) is 45.0 Å². The van der Waals surface area contributed by atoms with Crippen molar-refractivity contribution in [1.82, 2.24) is 29.1 Å². The molecule has 15 nitrogen and oxygen atoms in total. The quantitative estimate of drug-likeness (QED) is 0.0470. The van der Waals surface area contributed by atoms with Gasteiger partial charge in [-0.1, -0.05) is 24.3 Å². The Balaban J connectivity index is 0.000000198. The molecule has 6 heterocycles. The Labute approximate surface area is 440 Å². The van der Waals surface area contributed by atoms with Crippen LogP contribution >= 0.6 is 11.8 Å². The zero-order valence-corrected chi connectivity index (χ0v) is 43.7. The minimum atomic E-state index is -1.21. The Morgan fingerprint density at radius 1 is 0.653 bits per heavy atom. The zero-order chi connectivity index (χ0) is 53.4. The van der Waals surface area contributed by atoms with Crippen LogP contribution in [0.4, 0.5) is 8.78 Å². The molecule has 2 aliphatic rings. The molecule has 10 rings (SSSR count). The van der Waals surface area contributed by atoms with Crippen LogP contribution in [0.15, 0.2) is 144 Å². The minimum Gasteiger partial charge on any atom is -0.497 e. The second-order valence-electron chi connectivity index (χ2n) is 17.3. The van der Waals surface area contributed by atoms with E-state index in [0.29, 0.717) is 31.5 Å². The molecule has 3 atom stereocenters. The first kappa shape index (κ1) is 55.6. The normalized spacial score (nSPS) is 14.5. The Hall–Kier alpha value is -7.13. The molecule has 0 radical (unpaired) electrons. The molecule has 19 heteroatoms. The van der Waals surface area contributed by atoms with E-state index in [4.69, 9.17) is 49.3 Å². The van der Waals surface area contributed by atoms with E-state index in [1.165, 1.54) is 24.3 Å². The standard InChI is InChI=1S/C27H26FN3O3S.C27H26FN3O2S.C2H4O2.H2O2/c1-33-23-10-3-18(4-11-23)16-34-17-22-9-12-24-30-26(19-5-7-21(28)8-6-19)27(31(22)24)20-13-14-29-25(15-20)35(2)32;1-32-23-10-3-18(4-11-23)16-33-17-22-9-12-24-30-26(19-5-7-21(28)8-6-19)27(31(22)24)20-13-14-29-25(15-20)34-2;1-2(3)4;1-2/h3-8,10-11,13-15,22H,9,12,16-17H2,1-2H3;3-8,10-11,13-15,22H,9,12,16-17H2,1-2H3;1H3,(H,3,4);1-2H/t22-,35?;22-;;/m11../s1. The Morgan fingerprint density at radius 2 is 1.07 bits per heavy atom. The van der Waals surface area contributed by atoms with Crippen molar-refractivity contribution >= 4 is 28.5 Å². The van der Waals surface area contributed by atoms with Gasteiger partial charge in [-0.05, 0) is 127 Å². The van der Waals surface area contributed by atoms with Crippen molar-refractivity contribution in [1.29, 1.82) is 0 Å². The van der Waals surface area contributed by atoms with Crippen LogP contribution in [-0.4, -0.2) is 94.8 Å². The highest BCUT2D eigenvalue weighted by molar-refractivity contribution is 7.98. The molecule has 392 valence electrons. The van der Waals surface area contributed by atoms with Gasteiger partial charge < -0.3 is 33.2 Å². The summed E-state index contributed by atoms with van der Waals surface area (Å²) in [5.41, 5.74) is 9.44. The monoisotopic (exact) mass is 1060 g/mol. The van der Waals surface area contributed by atoms with Crippen LogP contribution in [-0.2, 0) is 51.1 Å². The van der Waals surface area contributed by atoms with E-state index in [1.54, 1.807) is 62.7 Å².